The van der Waals surface area contributed by atoms with Crippen LogP contribution >= 0.6 is 22.9 Å². The van der Waals surface area contributed by atoms with E-state index in [1.54, 1.807) is 25.5 Å². The molecule has 1 aromatic carbocycles. The molecule has 1 aromatic heterocycles. The summed E-state index contributed by atoms with van der Waals surface area (Å²) in [6.07, 6.45) is 2.55. The van der Waals surface area contributed by atoms with E-state index in [2.05, 4.69) is 15.5 Å². The molecule has 0 saturated carbocycles. The quantitative estimate of drug-likeness (QED) is 0.602. The van der Waals surface area contributed by atoms with E-state index in [0.29, 0.717) is 23.1 Å². The molecule has 22 heavy (non-hydrogen) atoms. The van der Waals surface area contributed by atoms with E-state index < -0.39 is 0 Å². The van der Waals surface area contributed by atoms with Crippen LogP contribution in [0.25, 0.3) is 0 Å². The number of rotatable bonds is 7. The zero-order valence-corrected chi connectivity index (χ0v) is 14.3. The number of hydrazone groups is 1. The number of methoxy groups -OCH3 is 1. The molecule has 0 unspecified atom stereocenters. The molecule has 0 aliphatic heterocycles. The number of hydrogen-bond acceptors (Lipinski definition) is 6. The first-order valence-corrected chi connectivity index (χ1v) is 8.11. The van der Waals surface area contributed by atoms with E-state index in [1.165, 1.54) is 11.3 Å². The second-order valence-corrected chi connectivity index (χ2v) is 5.83. The minimum absolute atomic E-state index is 0.562. The van der Waals surface area contributed by atoms with Crippen LogP contribution in [0.4, 0.5) is 5.13 Å². The summed E-state index contributed by atoms with van der Waals surface area (Å²) in [7, 11) is 1.59. The van der Waals surface area contributed by atoms with E-state index in [4.69, 9.17) is 21.1 Å². The van der Waals surface area contributed by atoms with Gasteiger partial charge >= 0.3 is 0 Å². The van der Waals surface area contributed by atoms with Crippen molar-refractivity contribution in [1.29, 1.82) is 0 Å². The Morgan fingerprint density at radius 2 is 2.27 bits per heavy atom. The van der Waals surface area contributed by atoms with Crippen molar-refractivity contribution in [2.24, 2.45) is 5.10 Å². The fourth-order valence-corrected chi connectivity index (χ4v) is 2.61. The van der Waals surface area contributed by atoms with Crippen molar-refractivity contribution in [3.63, 3.8) is 0 Å². The molecule has 7 heteroatoms. The average molecular weight is 340 g/mol. The van der Waals surface area contributed by atoms with Gasteiger partial charge in [-0.05, 0) is 19.4 Å². The molecular formula is C15H18ClN3O2S. The van der Waals surface area contributed by atoms with Crippen molar-refractivity contribution in [2.75, 3.05) is 19.1 Å². The van der Waals surface area contributed by atoms with E-state index in [-0.39, 0.29) is 0 Å². The SMILES string of the molecule is CCCOc1c(C=NNc2nc(C)cs2)cc(Cl)cc1OC. The second kappa shape index (κ2) is 8.00. The Hall–Kier alpha value is -1.79. The molecule has 0 radical (unpaired) electrons. The summed E-state index contributed by atoms with van der Waals surface area (Å²) in [5.41, 5.74) is 4.60. The maximum absolute atomic E-state index is 6.11. The fourth-order valence-electron chi connectivity index (χ4n) is 1.76. The zero-order valence-electron chi connectivity index (χ0n) is 12.7. The Bertz CT molecular complexity index is 658. The predicted octanol–water partition coefficient (Wildman–Crippen LogP) is 4.35. The van der Waals surface area contributed by atoms with Gasteiger partial charge in [0.05, 0.1) is 25.6 Å². The van der Waals surface area contributed by atoms with E-state index >= 15 is 0 Å². The second-order valence-electron chi connectivity index (χ2n) is 4.54. The van der Waals surface area contributed by atoms with Crippen molar-refractivity contribution >= 4 is 34.3 Å². The molecule has 0 amide bonds. The lowest BCUT2D eigenvalue weighted by Crippen LogP contribution is -2.02. The maximum atomic E-state index is 6.11. The lowest BCUT2D eigenvalue weighted by molar-refractivity contribution is 0.294. The Kier molecular flexibility index (Phi) is 6.03. The van der Waals surface area contributed by atoms with Gasteiger partial charge in [0.2, 0.25) is 5.13 Å². The molecule has 0 aliphatic carbocycles. The highest BCUT2D eigenvalue weighted by Gasteiger charge is 2.11. The molecule has 5 nitrogen and oxygen atoms in total. The van der Waals surface area contributed by atoms with Gasteiger partial charge in [0.25, 0.3) is 0 Å². The van der Waals surface area contributed by atoms with Gasteiger partial charge in [0, 0.05) is 22.0 Å². The molecule has 2 aromatic rings. The first-order chi connectivity index (χ1) is 10.6. The fraction of sp³-hybridized carbons (Fsp3) is 0.333. The van der Waals surface area contributed by atoms with Gasteiger partial charge in [-0.3, -0.25) is 5.43 Å². The zero-order chi connectivity index (χ0) is 15.9. The number of nitrogens with zero attached hydrogens (tertiary/aromatic N) is 2. The van der Waals surface area contributed by atoms with Gasteiger partial charge in [0.15, 0.2) is 11.5 Å². The minimum atomic E-state index is 0.562. The topological polar surface area (TPSA) is 55.7 Å². The molecule has 0 spiro atoms. The summed E-state index contributed by atoms with van der Waals surface area (Å²) in [6, 6.07) is 3.51. The normalized spacial score (nSPS) is 10.9. The standard InChI is InChI=1S/C15H18ClN3O2S/c1-4-5-21-14-11(6-12(16)7-13(14)20-3)8-17-19-15-18-10(2)9-22-15/h6-9H,4-5H2,1-3H3,(H,18,19). The number of aryl methyl sites for hydroxylation is 1. The van der Waals surface area contributed by atoms with E-state index in [1.807, 2.05) is 19.2 Å². The molecule has 0 aliphatic rings. The smallest absolute Gasteiger partial charge is 0.203 e. The Morgan fingerprint density at radius 1 is 1.45 bits per heavy atom. The number of aromatic nitrogens is 1. The van der Waals surface area contributed by atoms with Crippen LogP contribution in [0.15, 0.2) is 22.6 Å². The summed E-state index contributed by atoms with van der Waals surface area (Å²) in [6.45, 7) is 4.57. The molecular weight excluding hydrogens is 322 g/mol. The molecule has 2 rings (SSSR count). The third-order valence-electron chi connectivity index (χ3n) is 2.70. The van der Waals surface area contributed by atoms with Crippen LogP contribution in [0, 0.1) is 6.92 Å². The number of thiazole rings is 1. The number of anilines is 1. The van der Waals surface area contributed by atoms with Gasteiger partial charge in [-0.15, -0.1) is 11.3 Å². The van der Waals surface area contributed by atoms with Crippen molar-refractivity contribution in [1.82, 2.24) is 4.98 Å². The van der Waals surface area contributed by atoms with Crippen LogP contribution in [0.2, 0.25) is 5.02 Å². The monoisotopic (exact) mass is 339 g/mol. The van der Waals surface area contributed by atoms with E-state index in [0.717, 1.165) is 22.8 Å². The number of nitrogens with one attached hydrogen (secondary N) is 1. The summed E-state index contributed by atoms with van der Waals surface area (Å²) >= 11 is 7.60. The average Bonchev–Trinajstić information content (AvgIpc) is 2.91. The van der Waals surface area contributed by atoms with Gasteiger partial charge in [0.1, 0.15) is 0 Å². The molecule has 1 N–H and O–H groups in total. The molecule has 0 atom stereocenters. The van der Waals surface area contributed by atoms with Gasteiger partial charge in [-0.1, -0.05) is 18.5 Å². The van der Waals surface area contributed by atoms with Crippen LogP contribution < -0.4 is 14.9 Å². The highest BCUT2D eigenvalue weighted by atomic mass is 35.5. The van der Waals surface area contributed by atoms with Gasteiger partial charge < -0.3 is 9.47 Å². The van der Waals surface area contributed by atoms with Crippen LogP contribution in [-0.4, -0.2) is 24.9 Å². The minimum Gasteiger partial charge on any atom is -0.493 e. The largest absolute Gasteiger partial charge is 0.493 e. The summed E-state index contributed by atoms with van der Waals surface area (Å²) in [5, 5.41) is 7.44. The number of halogens is 1. The predicted molar refractivity (Wildman–Crippen MR) is 91.9 cm³/mol. The van der Waals surface area contributed by atoms with Gasteiger partial charge in [-0.2, -0.15) is 5.10 Å². The van der Waals surface area contributed by atoms with Gasteiger partial charge in [-0.25, -0.2) is 4.98 Å². The molecule has 118 valence electrons. The third kappa shape index (κ3) is 4.35. The molecule has 0 fully saturated rings. The Morgan fingerprint density at radius 3 is 2.91 bits per heavy atom. The molecule has 0 saturated heterocycles. The van der Waals surface area contributed by atoms with Crippen LogP contribution in [-0.2, 0) is 0 Å². The van der Waals surface area contributed by atoms with Crippen LogP contribution in [0.3, 0.4) is 0 Å². The van der Waals surface area contributed by atoms with Crippen molar-refractivity contribution < 1.29 is 9.47 Å². The Labute approximate surface area is 138 Å². The van der Waals surface area contributed by atoms with E-state index in [9.17, 15) is 0 Å². The van der Waals surface area contributed by atoms with Crippen molar-refractivity contribution in [3.8, 4) is 11.5 Å². The van der Waals surface area contributed by atoms with Crippen LogP contribution in [0.5, 0.6) is 11.5 Å². The summed E-state index contributed by atoms with van der Waals surface area (Å²) < 4.78 is 11.1. The first-order valence-electron chi connectivity index (χ1n) is 6.85. The number of hydrogen-bond donors (Lipinski definition) is 1. The summed E-state index contributed by atoms with van der Waals surface area (Å²) in [4.78, 5) is 4.28. The highest BCUT2D eigenvalue weighted by molar-refractivity contribution is 7.13. The maximum Gasteiger partial charge on any atom is 0.203 e. The molecule has 0 bridgehead atoms. The number of ether oxygens (including phenoxy) is 2. The third-order valence-corrected chi connectivity index (χ3v) is 3.78. The lowest BCUT2D eigenvalue weighted by atomic mass is 10.2. The molecule has 1 heterocycles. The van der Waals surface area contributed by atoms with Crippen molar-refractivity contribution in [3.05, 3.63) is 33.8 Å². The summed E-state index contributed by atoms with van der Waals surface area (Å²) in [5.74, 6) is 1.22. The van der Waals surface area contributed by atoms with Crippen LogP contribution in [0.1, 0.15) is 24.6 Å². The highest BCUT2D eigenvalue weighted by Crippen LogP contribution is 2.34. The first kappa shape index (κ1) is 16.6. The van der Waals surface area contributed by atoms with Crippen molar-refractivity contribution in [2.45, 2.75) is 20.3 Å². The number of benzene rings is 1. The lowest BCUT2D eigenvalue weighted by Gasteiger charge is -2.13. The Balaban J connectivity index is 2.21.